The lowest BCUT2D eigenvalue weighted by Gasteiger charge is -2.10. The Bertz CT molecular complexity index is 513. The third kappa shape index (κ3) is 3.56. The van der Waals surface area contributed by atoms with E-state index in [-0.39, 0.29) is 5.75 Å². The summed E-state index contributed by atoms with van der Waals surface area (Å²) >= 11 is 0. The van der Waals surface area contributed by atoms with E-state index in [1.807, 2.05) is 0 Å². The number of rotatable bonds is 6. The fourth-order valence-electron chi connectivity index (χ4n) is 1.75. The van der Waals surface area contributed by atoms with Crippen LogP contribution in [0.25, 0.3) is 0 Å². The van der Waals surface area contributed by atoms with Gasteiger partial charge >= 0.3 is 0 Å². The number of hydrogen-bond acceptors (Lipinski definition) is 4. The van der Waals surface area contributed by atoms with Crippen LogP contribution in [0.5, 0.6) is 5.75 Å². The van der Waals surface area contributed by atoms with Crippen LogP contribution in [0.3, 0.4) is 0 Å². The van der Waals surface area contributed by atoms with Gasteiger partial charge in [-0.05, 0) is 29.8 Å². The SMILES string of the molecule is COc1ccc(CNCC(O)c2ccco2)cc1F. The average molecular weight is 265 g/mol. The lowest BCUT2D eigenvalue weighted by molar-refractivity contribution is 0.147. The van der Waals surface area contributed by atoms with Crippen LogP contribution in [0.1, 0.15) is 17.4 Å². The van der Waals surface area contributed by atoms with Gasteiger partial charge < -0.3 is 19.6 Å². The number of benzene rings is 1. The van der Waals surface area contributed by atoms with Crippen LogP contribution in [0, 0.1) is 5.82 Å². The predicted octanol–water partition coefficient (Wildman–Crippen LogP) is 2.25. The second-order valence-electron chi connectivity index (χ2n) is 4.13. The van der Waals surface area contributed by atoms with E-state index in [9.17, 15) is 9.50 Å². The summed E-state index contributed by atoms with van der Waals surface area (Å²) in [5, 5.41) is 12.8. The van der Waals surface area contributed by atoms with Crippen LogP contribution in [0.15, 0.2) is 41.0 Å². The molecule has 19 heavy (non-hydrogen) atoms. The number of methoxy groups -OCH3 is 1. The Balaban J connectivity index is 1.84. The summed E-state index contributed by atoms with van der Waals surface area (Å²) in [6.07, 6.45) is 0.801. The van der Waals surface area contributed by atoms with Crippen molar-refractivity contribution in [1.82, 2.24) is 5.32 Å². The van der Waals surface area contributed by atoms with Crippen molar-refractivity contribution < 1.29 is 18.7 Å². The van der Waals surface area contributed by atoms with Crippen molar-refractivity contribution in [2.24, 2.45) is 0 Å². The van der Waals surface area contributed by atoms with Gasteiger partial charge in [0.25, 0.3) is 0 Å². The first kappa shape index (κ1) is 13.6. The Morgan fingerprint density at radius 1 is 1.42 bits per heavy atom. The molecule has 0 saturated heterocycles. The zero-order valence-electron chi connectivity index (χ0n) is 10.6. The van der Waals surface area contributed by atoms with Gasteiger partial charge in [0, 0.05) is 13.1 Å². The van der Waals surface area contributed by atoms with Gasteiger partial charge in [-0.1, -0.05) is 6.07 Å². The third-order valence-electron chi connectivity index (χ3n) is 2.75. The van der Waals surface area contributed by atoms with Gasteiger partial charge in [0.05, 0.1) is 13.4 Å². The first-order chi connectivity index (χ1) is 9.20. The maximum Gasteiger partial charge on any atom is 0.165 e. The number of ether oxygens (including phenoxy) is 1. The molecule has 0 radical (unpaired) electrons. The van der Waals surface area contributed by atoms with Crippen molar-refractivity contribution in [3.63, 3.8) is 0 Å². The highest BCUT2D eigenvalue weighted by molar-refractivity contribution is 5.29. The predicted molar refractivity (Wildman–Crippen MR) is 68.3 cm³/mol. The largest absolute Gasteiger partial charge is 0.494 e. The molecule has 0 aliphatic rings. The number of aliphatic hydroxyl groups is 1. The molecule has 2 rings (SSSR count). The molecule has 0 saturated carbocycles. The minimum Gasteiger partial charge on any atom is -0.494 e. The summed E-state index contributed by atoms with van der Waals surface area (Å²) < 4.78 is 23.4. The third-order valence-corrected chi connectivity index (χ3v) is 2.75. The van der Waals surface area contributed by atoms with Gasteiger partial charge in [-0.15, -0.1) is 0 Å². The van der Waals surface area contributed by atoms with E-state index in [0.717, 1.165) is 5.56 Å². The summed E-state index contributed by atoms with van der Waals surface area (Å²) in [4.78, 5) is 0. The van der Waals surface area contributed by atoms with E-state index in [1.165, 1.54) is 19.4 Å². The van der Waals surface area contributed by atoms with E-state index in [4.69, 9.17) is 9.15 Å². The van der Waals surface area contributed by atoms with Crippen LogP contribution >= 0.6 is 0 Å². The first-order valence-corrected chi connectivity index (χ1v) is 5.95. The zero-order chi connectivity index (χ0) is 13.7. The molecule has 4 nitrogen and oxygen atoms in total. The summed E-state index contributed by atoms with van der Waals surface area (Å²) in [5.41, 5.74) is 0.782. The maximum atomic E-state index is 13.4. The minimum atomic E-state index is -0.710. The van der Waals surface area contributed by atoms with E-state index >= 15 is 0 Å². The van der Waals surface area contributed by atoms with Gasteiger partial charge in [0.15, 0.2) is 11.6 Å². The Hall–Kier alpha value is -1.85. The van der Waals surface area contributed by atoms with Gasteiger partial charge in [-0.2, -0.15) is 0 Å². The van der Waals surface area contributed by atoms with Crippen molar-refractivity contribution in [1.29, 1.82) is 0 Å². The lowest BCUT2D eigenvalue weighted by atomic mass is 10.2. The summed E-state index contributed by atoms with van der Waals surface area (Å²) in [6.45, 7) is 0.792. The molecule has 0 aliphatic carbocycles. The molecule has 0 spiro atoms. The van der Waals surface area contributed by atoms with Crippen LogP contribution in [0.2, 0.25) is 0 Å². The Morgan fingerprint density at radius 2 is 2.26 bits per heavy atom. The molecule has 0 aliphatic heterocycles. The smallest absolute Gasteiger partial charge is 0.165 e. The molecule has 0 bridgehead atoms. The van der Waals surface area contributed by atoms with Gasteiger partial charge in [0.2, 0.25) is 0 Å². The molecule has 1 aromatic carbocycles. The zero-order valence-corrected chi connectivity index (χ0v) is 10.6. The van der Waals surface area contributed by atoms with Crippen molar-refractivity contribution >= 4 is 0 Å². The highest BCUT2D eigenvalue weighted by Crippen LogP contribution is 2.17. The molecular weight excluding hydrogens is 249 g/mol. The Labute approximate surface area is 110 Å². The van der Waals surface area contributed by atoms with E-state index < -0.39 is 11.9 Å². The molecule has 2 aromatic rings. The highest BCUT2D eigenvalue weighted by Gasteiger charge is 2.09. The summed E-state index contributed by atoms with van der Waals surface area (Å²) in [6, 6.07) is 8.19. The normalized spacial score (nSPS) is 12.4. The molecule has 5 heteroatoms. The highest BCUT2D eigenvalue weighted by atomic mass is 19.1. The molecule has 1 unspecified atom stereocenters. The van der Waals surface area contributed by atoms with Crippen LogP contribution in [-0.2, 0) is 6.54 Å². The van der Waals surface area contributed by atoms with Crippen molar-refractivity contribution in [2.75, 3.05) is 13.7 Å². The monoisotopic (exact) mass is 265 g/mol. The number of halogens is 1. The topological polar surface area (TPSA) is 54.6 Å². The van der Waals surface area contributed by atoms with E-state index in [0.29, 0.717) is 18.8 Å². The van der Waals surface area contributed by atoms with Gasteiger partial charge in [-0.25, -0.2) is 4.39 Å². The maximum absolute atomic E-state index is 13.4. The van der Waals surface area contributed by atoms with Gasteiger partial charge in [-0.3, -0.25) is 0 Å². The molecule has 1 heterocycles. The fourth-order valence-corrected chi connectivity index (χ4v) is 1.75. The standard InChI is InChI=1S/C14H16FNO3/c1-18-13-5-4-10(7-11(13)15)8-16-9-12(17)14-3-2-6-19-14/h2-7,12,16-17H,8-9H2,1H3. The summed E-state index contributed by atoms with van der Waals surface area (Å²) in [5.74, 6) is 0.334. The number of furan rings is 1. The molecule has 102 valence electrons. The van der Waals surface area contributed by atoms with Gasteiger partial charge in [0.1, 0.15) is 11.9 Å². The van der Waals surface area contributed by atoms with E-state index in [1.54, 1.807) is 24.3 Å². The lowest BCUT2D eigenvalue weighted by Crippen LogP contribution is -2.20. The second-order valence-corrected chi connectivity index (χ2v) is 4.13. The second kappa shape index (κ2) is 6.36. The van der Waals surface area contributed by atoms with Crippen molar-refractivity contribution in [3.8, 4) is 5.75 Å². The number of aliphatic hydroxyl groups excluding tert-OH is 1. The fraction of sp³-hybridized carbons (Fsp3) is 0.286. The quantitative estimate of drug-likeness (QED) is 0.841. The first-order valence-electron chi connectivity index (χ1n) is 5.95. The van der Waals surface area contributed by atoms with Crippen LogP contribution in [-0.4, -0.2) is 18.8 Å². The number of hydrogen-bond donors (Lipinski definition) is 2. The number of nitrogens with one attached hydrogen (secondary N) is 1. The molecule has 1 atom stereocenters. The summed E-state index contributed by atoms with van der Waals surface area (Å²) in [7, 11) is 1.43. The average Bonchev–Trinajstić information content (AvgIpc) is 2.93. The molecule has 0 amide bonds. The Kier molecular flexibility index (Phi) is 4.54. The molecule has 1 aromatic heterocycles. The molecule has 0 fully saturated rings. The van der Waals surface area contributed by atoms with Crippen molar-refractivity contribution in [3.05, 3.63) is 53.7 Å². The van der Waals surface area contributed by atoms with Crippen LogP contribution in [0.4, 0.5) is 4.39 Å². The molecule has 2 N–H and O–H groups in total. The van der Waals surface area contributed by atoms with Crippen LogP contribution < -0.4 is 10.1 Å². The Morgan fingerprint density at radius 3 is 2.89 bits per heavy atom. The van der Waals surface area contributed by atoms with E-state index in [2.05, 4.69) is 5.32 Å². The molecular formula is C14H16FNO3. The van der Waals surface area contributed by atoms with Crippen molar-refractivity contribution in [2.45, 2.75) is 12.6 Å². The minimum absolute atomic E-state index is 0.222.